The van der Waals surface area contributed by atoms with Crippen LogP contribution in [0.1, 0.15) is 38.3 Å². The number of amides is 2. The highest BCUT2D eigenvalue weighted by molar-refractivity contribution is 7.92. The van der Waals surface area contributed by atoms with Gasteiger partial charge in [0.15, 0.2) is 0 Å². The Balaban J connectivity index is 2.10. The van der Waals surface area contributed by atoms with Gasteiger partial charge in [0.25, 0.3) is 10.0 Å². The number of hydrogen-bond donors (Lipinski definition) is 1. The molecule has 0 aliphatic heterocycles. The van der Waals surface area contributed by atoms with Gasteiger partial charge in [-0.25, -0.2) is 8.42 Å². The summed E-state index contributed by atoms with van der Waals surface area (Å²) in [7, 11) is -2.75. The molecule has 0 spiro atoms. The molecule has 3 aromatic carbocycles. The summed E-state index contributed by atoms with van der Waals surface area (Å²) in [5.74, 6) is -0.310. The van der Waals surface area contributed by atoms with E-state index in [1.165, 1.54) is 24.1 Å². The van der Waals surface area contributed by atoms with Crippen molar-refractivity contribution in [3.8, 4) is 5.75 Å². The fourth-order valence-electron chi connectivity index (χ4n) is 4.36. The Morgan fingerprint density at radius 3 is 2.24 bits per heavy atom. The van der Waals surface area contributed by atoms with E-state index in [1.54, 1.807) is 60.7 Å². The lowest BCUT2D eigenvalue weighted by molar-refractivity contribution is -0.140. The molecule has 0 unspecified atom stereocenters. The number of ether oxygens (including phenoxy) is 1. The Labute approximate surface area is 248 Å². The molecule has 41 heavy (non-hydrogen) atoms. The summed E-state index contributed by atoms with van der Waals surface area (Å²) in [4.78, 5) is 29.0. The van der Waals surface area contributed by atoms with Gasteiger partial charge in [-0.15, -0.1) is 0 Å². The number of carbonyl (C=O) groups excluding carboxylic acids is 2. The second kappa shape index (κ2) is 14.4. The van der Waals surface area contributed by atoms with Gasteiger partial charge in [0.1, 0.15) is 18.3 Å². The van der Waals surface area contributed by atoms with E-state index in [1.807, 2.05) is 27.7 Å². The van der Waals surface area contributed by atoms with Crippen LogP contribution in [0.4, 0.5) is 5.69 Å². The SMILES string of the molecule is CC[C@H](C(=O)NCC(C)C)N(Cc1ccc(Cl)cc1)C(=O)CN(c1cc(C)ccc1OC)S(=O)(=O)c1ccccc1. The van der Waals surface area contributed by atoms with Crippen molar-refractivity contribution >= 4 is 39.1 Å². The van der Waals surface area contributed by atoms with Gasteiger partial charge >= 0.3 is 0 Å². The zero-order valence-electron chi connectivity index (χ0n) is 24.1. The molecule has 8 nitrogen and oxygen atoms in total. The van der Waals surface area contributed by atoms with Gasteiger partial charge in [-0.3, -0.25) is 13.9 Å². The molecule has 220 valence electrons. The van der Waals surface area contributed by atoms with E-state index in [0.29, 0.717) is 23.7 Å². The van der Waals surface area contributed by atoms with Crippen LogP contribution in [0.3, 0.4) is 0 Å². The number of rotatable bonds is 13. The average molecular weight is 600 g/mol. The predicted octanol–water partition coefficient (Wildman–Crippen LogP) is 5.43. The minimum absolute atomic E-state index is 0.0299. The predicted molar refractivity (Wildman–Crippen MR) is 163 cm³/mol. The van der Waals surface area contributed by atoms with Gasteiger partial charge in [0.2, 0.25) is 11.8 Å². The molecule has 0 aliphatic rings. The first-order valence-electron chi connectivity index (χ1n) is 13.5. The van der Waals surface area contributed by atoms with Crippen LogP contribution in [0.25, 0.3) is 0 Å². The van der Waals surface area contributed by atoms with Crippen LogP contribution in [-0.4, -0.2) is 51.4 Å². The van der Waals surface area contributed by atoms with Crippen molar-refractivity contribution in [1.29, 1.82) is 0 Å². The fourth-order valence-corrected chi connectivity index (χ4v) is 5.92. The van der Waals surface area contributed by atoms with E-state index in [2.05, 4.69) is 5.32 Å². The molecule has 0 bridgehead atoms. The molecule has 3 rings (SSSR count). The number of hydrogen-bond acceptors (Lipinski definition) is 5. The number of nitrogens with zero attached hydrogens (tertiary/aromatic N) is 2. The standard InChI is InChI=1S/C31H38ClN3O5S/c1-6-27(31(37)33-19-22(2)3)34(20-24-13-15-25(32)16-14-24)30(36)21-35(28-18-23(4)12-17-29(28)40-5)41(38,39)26-10-8-7-9-11-26/h7-18,22,27H,6,19-21H2,1-5H3,(H,33,37)/t27-/m1/s1. The quantitative estimate of drug-likeness (QED) is 0.283. The summed E-state index contributed by atoms with van der Waals surface area (Å²) in [6, 6.07) is 19.2. The maximum atomic E-state index is 14.2. The number of benzene rings is 3. The summed E-state index contributed by atoms with van der Waals surface area (Å²) >= 11 is 6.08. The van der Waals surface area contributed by atoms with Crippen LogP contribution in [0.2, 0.25) is 5.02 Å². The third-order valence-electron chi connectivity index (χ3n) is 6.55. The summed E-state index contributed by atoms with van der Waals surface area (Å²) in [6.45, 7) is 7.62. The third-order valence-corrected chi connectivity index (χ3v) is 8.58. The second-order valence-electron chi connectivity index (χ2n) is 10.2. The summed E-state index contributed by atoms with van der Waals surface area (Å²) in [6.07, 6.45) is 0.336. The minimum Gasteiger partial charge on any atom is -0.495 e. The lowest BCUT2D eigenvalue weighted by Gasteiger charge is -2.33. The van der Waals surface area contributed by atoms with Crippen molar-refractivity contribution in [3.63, 3.8) is 0 Å². The summed E-state index contributed by atoms with van der Waals surface area (Å²) < 4.78 is 34.6. The van der Waals surface area contributed by atoms with Crippen LogP contribution in [0, 0.1) is 12.8 Å². The van der Waals surface area contributed by atoms with Gasteiger partial charge in [-0.2, -0.15) is 0 Å². The Kier molecular flexibility index (Phi) is 11.2. The van der Waals surface area contributed by atoms with Crippen molar-refractivity contribution in [3.05, 3.63) is 88.9 Å². The number of anilines is 1. The van der Waals surface area contributed by atoms with E-state index in [4.69, 9.17) is 16.3 Å². The molecule has 1 atom stereocenters. The van der Waals surface area contributed by atoms with Crippen LogP contribution >= 0.6 is 11.6 Å². The van der Waals surface area contributed by atoms with Crippen molar-refractivity contribution < 1.29 is 22.7 Å². The van der Waals surface area contributed by atoms with E-state index in [0.717, 1.165) is 15.4 Å². The topological polar surface area (TPSA) is 96.0 Å². The van der Waals surface area contributed by atoms with Gasteiger partial charge in [-0.1, -0.05) is 68.8 Å². The number of methoxy groups -OCH3 is 1. The zero-order chi connectivity index (χ0) is 30.2. The molecule has 0 aliphatic carbocycles. The Bertz CT molecular complexity index is 1430. The normalized spacial score (nSPS) is 12.1. The third kappa shape index (κ3) is 8.24. The summed E-state index contributed by atoms with van der Waals surface area (Å²) in [5, 5.41) is 3.47. The number of sulfonamides is 1. The van der Waals surface area contributed by atoms with Crippen molar-refractivity contribution in [2.24, 2.45) is 5.92 Å². The van der Waals surface area contributed by atoms with Crippen LogP contribution < -0.4 is 14.4 Å². The number of carbonyl (C=O) groups is 2. The van der Waals surface area contributed by atoms with Gasteiger partial charge < -0.3 is 15.0 Å². The molecule has 3 aromatic rings. The van der Waals surface area contributed by atoms with Crippen molar-refractivity contribution in [2.75, 3.05) is 24.5 Å². The fraction of sp³-hybridized carbons (Fsp3) is 0.355. The maximum Gasteiger partial charge on any atom is 0.264 e. The Morgan fingerprint density at radius 1 is 1.00 bits per heavy atom. The van der Waals surface area contributed by atoms with Crippen LogP contribution in [-0.2, 0) is 26.2 Å². The van der Waals surface area contributed by atoms with Gasteiger partial charge in [0.05, 0.1) is 17.7 Å². The van der Waals surface area contributed by atoms with Crippen molar-refractivity contribution in [2.45, 2.75) is 51.6 Å². The lowest BCUT2D eigenvalue weighted by atomic mass is 10.1. The Morgan fingerprint density at radius 2 is 1.66 bits per heavy atom. The highest BCUT2D eigenvalue weighted by Gasteiger charge is 2.34. The molecular weight excluding hydrogens is 562 g/mol. The molecule has 0 saturated carbocycles. The second-order valence-corrected chi connectivity index (χ2v) is 12.5. The summed E-state index contributed by atoms with van der Waals surface area (Å²) in [5.41, 5.74) is 1.77. The molecule has 0 saturated heterocycles. The highest BCUT2D eigenvalue weighted by Crippen LogP contribution is 2.33. The maximum absolute atomic E-state index is 14.2. The van der Waals surface area contributed by atoms with Crippen LogP contribution in [0.5, 0.6) is 5.75 Å². The lowest BCUT2D eigenvalue weighted by Crippen LogP contribution is -2.52. The molecule has 0 heterocycles. The van der Waals surface area contributed by atoms with Gasteiger partial charge in [-0.05, 0) is 66.8 Å². The molecule has 2 amide bonds. The smallest absolute Gasteiger partial charge is 0.264 e. The molecule has 1 N–H and O–H groups in total. The molecule has 10 heteroatoms. The minimum atomic E-state index is -4.20. The van der Waals surface area contributed by atoms with E-state index < -0.39 is 28.5 Å². The van der Waals surface area contributed by atoms with Gasteiger partial charge in [0, 0.05) is 18.1 Å². The Hall–Kier alpha value is -3.56. The molecular formula is C31H38ClN3O5S. The largest absolute Gasteiger partial charge is 0.495 e. The van der Waals surface area contributed by atoms with Crippen LogP contribution in [0.15, 0.2) is 77.7 Å². The van der Waals surface area contributed by atoms with E-state index in [-0.39, 0.29) is 29.0 Å². The molecule has 0 fully saturated rings. The number of aryl methyl sites for hydroxylation is 1. The molecule has 0 radical (unpaired) electrons. The first kappa shape index (κ1) is 32.0. The highest BCUT2D eigenvalue weighted by atomic mass is 35.5. The van der Waals surface area contributed by atoms with E-state index >= 15 is 0 Å². The zero-order valence-corrected chi connectivity index (χ0v) is 25.7. The number of halogens is 1. The first-order valence-corrected chi connectivity index (χ1v) is 15.3. The van der Waals surface area contributed by atoms with E-state index in [9.17, 15) is 18.0 Å². The monoisotopic (exact) mass is 599 g/mol. The number of nitrogens with one attached hydrogen (secondary N) is 1. The first-order chi connectivity index (χ1) is 19.5. The van der Waals surface area contributed by atoms with Crippen molar-refractivity contribution in [1.82, 2.24) is 10.2 Å². The molecule has 0 aromatic heterocycles. The average Bonchev–Trinajstić information content (AvgIpc) is 2.95.